The maximum Gasteiger partial charge on any atom is 0.233 e. The fourth-order valence-electron chi connectivity index (χ4n) is 3.63. The summed E-state index contributed by atoms with van der Waals surface area (Å²) in [5.41, 5.74) is 1.45. The van der Waals surface area contributed by atoms with E-state index in [-0.39, 0.29) is 35.9 Å². The van der Waals surface area contributed by atoms with Crippen molar-refractivity contribution in [3.8, 4) is 6.07 Å². The van der Waals surface area contributed by atoms with Crippen LogP contribution in [0.25, 0.3) is 0 Å². The smallest absolute Gasteiger partial charge is 0.233 e. The van der Waals surface area contributed by atoms with Crippen LogP contribution in [0.1, 0.15) is 44.1 Å². The standard InChI is InChI=1S/C20H22BrN3O2S/c1-13-5-2-3-8-24(13)19(26)12-27-20-17(11-22)16(10-18(25)23-20)14-6-4-7-15(21)9-14/h4,6-7,9,13,16H,2-3,5,8,10,12H2,1H3,(H,23,25)/t13-,16+/m0/s1. The number of carbonyl (C=O) groups is 2. The van der Waals surface area contributed by atoms with Gasteiger partial charge in [-0.2, -0.15) is 5.26 Å². The summed E-state index contributed by atoms with van der Waals surface area (Å²) < 4.78 is 0.909. The molecule has 1 aromatic rings. The van der Waals surface area contributed by atoms with E-state index in [1.165, 1.54) is 11.8 Å². The summed E-state index contributed by atoms with van der Waals surface area (Å²) in [6, 6.07) is 10.2. The lowest BCUT2D eigenvalue weighted by molar-refractivity contribution is -0.131. The molecule has 0 unspecified atom stereocenters. The third-order valence-electron chi connectivity index (χ3n) is 5.07. The van der Waals surface area contributed by atoms with Crippen molar-refractivity contribution in [1.82, 2.24) is 10.2 Å². The quantitative estimate of drug-likeness (QED) is 0.758. The average molecular weight is 448 g/mol. The summed E-state index contributed by atoms with van der Waals surface area (Å²) in [4.78, 5) is 26.7. The van der Waals surface area contributed by atoms with Crippen LogP contribution >= 0.6 is 27.7 Å². The molecule has 3 rings (SSSR count). The van der Waals surface area contributed by atoms with Gasteiger partial charge in [0.05, 0.1) is 22.4 Å². The van der Waals surface area contributed by atoms with Crippen LogP contribution in [0.3, 0.4) is 0 Å². The summed E-state index contributed by atoms with van der Waals surface area (Å²) in [5.74, 6) is -0.111. The molecule has 0 aromatic heterocycles. The Balaban J connectivity index is 1.78. The van der Waals surface area contributed by atoms with Crippen LogP contribution in [0.15, 0.2) is 39.3 Å². The number of hydrogen-bond acceptors (Lipinski definition) is 4. The molecule has 1 aromatic carbocycles. The van der Waals surface area contributed by atoms with Crippen LogP contribution in [0, 0.1) is 11.3 Å². The summed E-state index contributed by atoms with van der Waals surface area (Å²) in [5, 5.41) is 13.0. The van der Waals surface area contributed by atoms with Gasteiger partial charge in [-0.05, 0) is 43.9 Å². The zero-order valence-electron chi connectivity index (χ0n) is 15.2. The van der Waals surface area contributed by atoms with Crippen molar-refractivity contribution in [2.45, 2.75) is 44.6 Å². The van der Waals surface area contributed by atoms with Gasteiger partial charge in [-0.3, -0.25) is 9.59 Å². The van der Waals surface area contributed by atoms with E-state index < -0.39 is 0 Å². The number of thioether (sulfide) groups is 1. The highest BCUT2D eigenvalue weighted by Gasteiger charge is 2.31. The molecule has 142 valence electrons. The zero-order chi connectivity index (χ0) is 19.4. The van der Waals surface area contributed by atoms with Crippen LogP contribution in [0.2, 0.25) is 0 Å². The number of nitrogens with one attached hydrogen (secondary N) is 1. The lowest BCUT2D eigenvalue weighted by atomic mass is 9.87. The number of likely N-dealkylation sites (tertiary alicyclic amines) is 1. The Morgan fingerprint density at radius 3 is 2.96 bits per heavy atom. The van der Waals surface area contributed by atoms with Gasteiger partial charge in [-0.25, -0.2) is 0 Å². The molecule has 0 bridgehead atoms. The zero-order valence-corrected chi connectivity index (χ0v) is 17.6. The molecule has 2 atom stereocenters. The normalized spacial score (nSPS) is 23.0. The van der Waals surface area contributed by atoms with E-state index in [0.29, 0.717) is 10.6 Å². The molecule has 0 radical (unpaired) electrons. The van der Waals surface area contributed by atoms with Gasteiger partial charge in [0.2, 0.25) is 11.8 Å². The second kappa shape index (κ2) is 8.94. The van der Waals surface area contributed by atoms with E-state index >= 15 is 0 Å². The molecule has 0 aliphatic carbocycles. The van der Waals surface area contributed by atoms with Crippen LogP contribution in [-0.4, -0.2) is 35.1 Å². The number of amides is 2. The van der Waals surface area contributed by atoms with Crippen LogP contribution in [0.5, 0.6) is 0 Å². The van der Waals surface area contributed by atoms with E-state index in [1.807, 2.05) is 29.2 Å². The van der Waals surface area contributed by atoms with E-state index in [2.05, 4.69) is 34.2 Å². The molecule has 1 N–H and O–H groups in total. The number of allylic oxidation sites excluding steroid dienone is 1. The fourth-order valence-corrected chi connectivity index (χ4v) is 5.01. The second-order valence-corrected chi connectivity index (χ2v) is 8.84. The van der Waals surface area contributed by atoms with Gasteiger partial charge in [0.1, 0.15) is 0 Å². The van der Waals surface area contributed by atoms with Gasteiger partial charge in [0.25, 0.3) is 0 Å². The third kappa shape index (κ3) is 4.74. The minimum absolute atomic E-state index is 0.0656. The average Bonchev–Trinajstić information content (AvgIpc) is 2.66. The molecule has 27 heavy (non-hydrogen) atoms. The number of nitrogens with zero attached hydrogens (tertiary/aromatic N) is 2. The molecule has 5 nitrogen and oxygen atoms in total. The first-order valence-electron chi connectivity index (χ1n) is 9.11. The number of halogens is 1. The number of rotatable bonds is 4. The van der Waals surface area contributed by atoms with E-state index in [9.17, 15) is 14.9 Å². The lowest BCUT2D eigenvalue weighted by Gasteiger charge is -2.33. The molecule has 0 saturated carbocycles. The molecule has 7 heteroatoms. The predicted molar refractivity (Wildman–Crippen MR) is 110 cm³/mol. The van der Waals surface area contributed by atoms with Crippen LogP contribution in [-0.2, 0) is 9.59 Å². The Morgan fingerprint density at radius 2 is 2.26 bits per heavy atom. The molecular weight excluding hydrogens is 426 g/mol. The number of piperidine rings is 1. The minimum Gasteiger partial charge on any atom is -0.339 e. The van der Waals surface area contributed by atoms with Crippen molar-refractivity contribution in [1.29, 1.82) is 5.26 Å². The SMILES string of the molecule is C[C@H]1CCCCN1C(=O)CSC1=C(C#N)[C@@H](c2cccc(Br)c2)CC(=O)N1. The van der Waals surface area contributed by atoms with Crippen molar-refractivity contribution in [3.05, 3.63) is 44.9 Å². The monoisotopic (exact) mass is 447 g/mol. The predicted octanol–water partition coefficient (Wildman–Crippen LogP) is 3.92. The Kier molecular flexibility index (Phi) is 6.61. The first-order chi connectivity index (χ1) is 13.0. The maximum absolute atomic E-state index is 12.6. The van der Waals surface area contributed by atoms with Gasteiger partial charge < -0.3 is 10.2 Å². The fraction of sp³-hybridized carbons (Fsp3) is 0.450. The number of carbonyl (C=O) groups excluding carboxylic acids is 2. The Labute approximate surface area is 172 Å². The first-order valence-corrected chi connectivity index (χ1v) is 10.9. The van der Waals surface area contributed by atoms with Gasteiger partial charge in [-0.1, -0.05) is 39.8 Å². The molecule has 2 aliphatic heterocycles. The molecule has 2 heterocycles. The maximum atomic E-state index is 12.6. The van der Waals surface area contributed by atoms with E-state index in [4.69, 9.17) is 0 Å². The topological polar surface area (TPSA) is 73.2 Å². The van der Waals surface area contributed by atoms with Crippen LogP contribution in [0.4, 0.5) is 0 Å². The number of hydrogen-bond donors (Lipinski definition) is 1. The van der Waals surface area contributed by atoms with E-state index in [1.54, 1.807) is 0 Å². The number of benzene rings is 1. The first kappa shape index (κ1) is 20.0. The van der Waals surface area contributed by atoms with Gasteiger partial charge in [0.15, 0.2) is 0 Å². The molecular formula is C20H22BrN3O2S. The van der Waals surface area contributed by atoms with Crippen LogP contribution < -0.4 is 5.32 Å². The third-order valence-corrected chi connectivity index (χ3v) is 6.57. The molecule has 0 spiro atoms. The largest absolute Gasteiger partial charge is 0.339 e. The summed E-state index contributed by atoms with van der Waals surface area (Å²) >= 11 is 4.71. The molecule has 1 saturated heterocycles. The number of nitriles is 1. The van der Waals surface area contributed by atoms with Gasteiger partial charge in [0, 0.05) is 29.4 Å². The van der Waals surface area contributed by atoms with Crippen molar-refractivity contribution >= 4 is 39.5 Å². The highest BCUT2D eigenvalue weighted by molar-refractivity contribution is 9.10. The van der Waals surface area contributed by atoms with Crippen molar-refractivity contribution in [2.75, 3.05) is 12.3 Å². The van der Waals surface area contributed by atoms with E-state index in [0.717, 1.165) is 35.8 Å². The highest BCUT2D eigenvalue weighted by Crippen LogP contribution is 2.36. The van der Waals surface area contributed by atoms with Crippen molar-refractivity contribution in [2.24, 2.45) is 0 Å². The van der Waals surface area contributed by atoms with Gasteiger partial charge >= 0.3 is 0 Å². The Morgan fingerprint density at radius 1 is 1.44 bits per heavy atom. The Bertz CT molecular complexity index is 818. The highest BCUT2D eigenvalue weighted by atomic mass is 79.9. The summed E-state index contributed by atoms with van der Waals surface area (Å²) in [7, 11) is 0. The molecule has 1 fully saturated rings. The Hall–Kier alpha value is -1.78. The van der Waals surface area contributed by atoms with Crippen molar-refractivity contribution in [3.63, 3.8) is 0 Å². The minimum atomic E-state index is -0.284. The second-order valence-electron chi connectivity index (χ2n) is 6.94. The van der Waals surface area contributed by atoms with Gasteiger partial charge in [-0.15, -0.1) is 0 Å². The molecule has 2 amide bonds. The molecule has 2 aliphatic rings. The summed E-state index contributed by atoms with van der Waals surface area (Å²) in [6.07, 6.45) is 3.46. The summed E-state index contributed by atoms with van der Waals surface area (Å²) in [6.45, 7) is 2.87. The van der Waals surface area contributed by atoms with Crippen molar-refractivity contribution < 1.29 is 9.59 Å². The lowest BCUT2D eigenvalue weighted by Crippen LogP contribution is -2.43.